The number of hydrogen-bond donors (Lipinski definition) is 4. The van der Waals surface area contributed by atoms with Crippen LogP contribution in [0.3, 0.4) is 0 Å². The Labute approximate surface area is 196 Å². The summed E-state index contributed by atoms with van der Waals surface area (Å²) in [5.74, 6) is 3.35. The van der Waals surface area contributed by atoms with E-state index in [1.807, 2.05) is 0 Å². The molecule has 1 aliphatic carbocycles. The van der Waals surface area contributed by atoms with E-state index in [1.165, 1.54) is 23.8 Å². The van der Waals surface area contributed by atoms with Gasteiger partial charge in [0, 0.05) is 26.8 Å². The molecule has 11 nitrogen and oxygen atoms in total. The lowest BCUT2D eigenvalue weighted by atomic mass is 10.0. The number of ether oxygens (including phenoxy) is 1. The van der Waals surface area contributed by atoms with Gasteiger partial charge in [-0.1, -0.05) is 12.2 Å². The minimum Gasteiger partial charge on any atom is -0.473 e. The van der Waals surface area contributed by atoms with E-state index in [9.17, 15) is 18.8 Å². The lowest BCUT2D eigenvalue weighted by Gasteiger charge is -2.27. The second kappa shape index (κ2) is 13.0. The molecule has 0 radical (unpaired) electrons. The highest BCUT2D eigenvalue weighted by Gasteiger charge is 2.31. The predicted octanol–water partition coefficient (Wildman–Crippen LogP) is 0.518. The number of hydrazone groups is 1. The van der Waals surface area contributed by atoms with E-state index >= 15 is 0 Å². The van der Waals surface area contributed by atoms with Crippen molar-refractivity contribution in [2.75, 3.05) is 20.3 Å². The monoisotopic (exact) mass is 478 g/mol. The van der Waals surface area contributed by atoms with Crippen molar-refractivity contribution in [1.82, 2.24) is 20.2 Å². The summed E-state index contributed by atoms with van der Waals surface area (Å²) < 4.78 is 19.6. The fourth-order valence-electron chi connectivity index (χ4n) is 2.97. The first-order valence-corrected chi connectivity index (χ1v) is 10.4. The molecule has 0 spiro atoms. The van der Waals surface area contributed by atoms with Gasteiger partial charge in [0.2, 0.25) is 0 Å². The fraction of sp³-hybridized carbons (Fsp3) is 0.409. The smallest absolute Gasteiger partial charge is 0.309 e. The standard InChI is InChI=1S/C21H27FN6O4.CH4O/c1-5-32-19(27-23)18(31)26-21(2,3)20-25-15(11-16(29)28(20)4)17(30)24-12-13-7-6-8-14(22)10-9-13;1-2/h6,8-11H,5,7,12,23H2,1-4H3,(H,24,30)(H,26,31);2H,1H3/b27-19-;. The van der Waals surface area contributed by atoms with Crippen LogP contribution in [0.4, 0.5) is 4.39 Å². The molecule has 0 unspecified atom stereocenters. The van der Waals surface area contributed by atoms with Crippen molar-refractivity contribution >= 4 is 17.7 Å². The van der Waals surface area contributed by atoms with Gasteiger partial charge in [-0.25, -0.2) is 9.37 Å². The van der Waals surface area contributed by atoms with Gasteiger partial charge in [-0.05, 0) is 44.9 Å². The van der Waals surface area contributed by atoms with Crippen molar-refractivity contribution < 1.29 is 23.8 Å². The number of nitrogens with zero attached hydrogens (tertiary/aromatic N) is 3. The number of hydrogen-bond acceptors (Lipinski definition) is 8. The topological polar surface area (TPSA) is 161 Å². The highest BCUT2D eigenvalue weighted by Crippen LogP contribution is 2.17. The molecule has 1 heterocycles. The SMILES string of the molecule is CCO/C(=N\N)C(=O)NC(C)(C)c1nc(C(=O)NCC2=CC=C(F)C=CC2)cc(=O)n1C.CO. The molecule has 0 saturated carbocycles. The molecule has 186 valence electrons. The average Bonchev–Trinajstić information content (AvgIpc) is 3.02. The van der Waals surface area contributed by atoms with E-state index in [1.54, 1.807) is 32.9 Å². The van der Waals surface area contributed by atoms with Gasteiger partial charge in [-0.3, -0.25) is 19.0 Å². The van der Waals surface area contributed by atoms with Crippen LogP contribution >= 0.6 is 0 Å². The van der Waals surface area contributed by atoms with Crippen LogP contribution in [0.2, 0.25) is 0 Å². The highest BCUT2D eigenvalue weighted by atomic mass is 19.1. The first-order valence-electron chi connectivity index (χ1n) is 10.4. The number of carbonyl (C=O) groups is 2. The van der Waals surface area contributed by atoms with Crippen molar-refractivity contribution in [2.45, 2.75) is 32.7 Å². The molecule has 2 rings (SSSR count). The summed E-state index contributed by atoms with van der Waals surface area (Å²) in [7, 11) is 2.48. The molecule has 0 aromatic carbocycles. The van der Waals surface area contributed by atoms with Gasteiger partial charge in [0.15, 0.2) is 0 Å². The van der Waals surface area contributed by atoms with Crippen LogP contribution in [0.15, 0.2) is 51.7 Å². The van der Waals surface area contributed by atoms with Crippen LogP contribution in [0.5, 0.6) is 0 Å². The molecule has 1 aromatic heterocycles. The number of rotatable bonds is 6. The summed E-state index contributed by atoms with van der Waals surface area (Å²) in [6.45, 7) is 5.23. The molecule has 0 saturated heterocycles. The van der Waals surface area contributed by atoms with E-state index in [-0.39, 0.29) is 36.4 Å². The third-order valence-electron chi connectivity index (χ3n) is 4.56. The fourth-order valence-corrected chi connectivity index (χ4v) is 2.97. The molecule has 0 atom stereocenters. The Bertz CT molecular complexity index is 1070. The van der Waals surface area contributed by atoms with Crippen molar-refractivity contribution in [3.63, 3.8) is 0 Å². The number of aliphatic hydroxyl groups is 1. The molecule has 34 heavy (non-hydrogen) atoms. The highest BCUT2D eigenvalue weighted by molar-refractivity contribution is 6.35. The van der Waals surface area contributed by atoms with Crippen molar-refractivity contribution in [1.29, 1.82) is 0 Å². The maximum atomic E-state index is 13.3. The number of aromatic nitrogens is 2. The Morgan fingerprint density at radius 2 is 2.03 bits per heavy atom. The second-order valence-electron chi connectivity index (χ2n) is 7.47. The number of halogens is 1. The largest absolute Gasteiger partial charge is 0.473 e. The van der Waals surface area contributed by atoms with E-state index in [4.69, 9.17) is 15.7 Å². The molecule has 5 N–H and O–H groups in total. The predicted molar refractivity (Wildman–Crippen MR) is 125 cm³/mol. The summed E-state index contributed by atoms with van der Waals surface area (Å²) in [4.78, 5) is 41.8. The van der Waals surface area contributed by atoms with Gasteiger partial charge < -0.3 is 26.3 Å². The number of allylic oxidation sites excluding steroid dienone is 5. The maximum absolute atomic E-state index is 13.3. The molecule has 2 amide bonds. The average molecular weight is 479 g/mol. The van der Waals surface area contributed by atoms with Crippen LogP contribution in [0.1, 0.15) is 43.5 Å². The van der Waals surface area contributed by atoms with Gasteiger partial charge in [-0.2, -0.15) is 0 Å². The Kier molecular flexibility index (Phi) is 10.8. The molecule has 0 fully saturated rings. The Balaban J connectivity index is 0.00000281. The van der Waals surface area contributed by atoms with Crippen molar-refractivity contribution in [3.8, 4) is 0 Å². The summed E-state index contributed by atoms with van der Waals surface area (Å²) >= 11 is 0. The Morgan fingerprint density at radius 3 is 2.65 bits per heavy atom. The van der Waals surface area contributed by atoms with Gasteiger partial charge in [0.05, 0.1) is 12.1 Å². The van der Waals surface area contributed by atoms with Crippen LogP contribution in [-0.2, 0) is 22.1 Å². The quantitative estimate of drug-likeness (QED) is 0.201. The summed E-state index contributed by atoms with van der Waals surface area (Å²) in [5.41, 5.74) is -0.995. The minimum atomic E-state index is -1.18. The summed E-state index contributed by atoms with van der Waals surface area (Å²) in [6, 6.07) is 1.10. The van der Waals surface area contributed by atoms with Crippen LogP contribution < -0.4 is 22.0 Å². The van der Waals surface area contributed by atoms with Gasteiger partial charge in [0.25, 0.3) is 17.4 Å². The normalized spacial score (nSPS) is 13.6. The molecule has 0 bridgehead atoms. The number of aliphatic hydroxyl groups excluding tert-OH is 1. The third kappa shape index (κ3) is 7.66. The number of amides is 2. The lowest BCUT2D eigenvalue weighted by Crippen LogP contribution is -2.48. The van der Waals surface area contributed by atoms with E-state index in [2.05, 4.69) is 20.7 Å². The zero-order valence-corrected chi connectivity index (χ0v) is 19.9. The number of nitrogens with one attached hydrogen (secondary N) is 2. The summed E-state index contributed by atoms with van der Waals surface area (Å²) in [6.07, 6.45) is 6.38. The summed E-state index contributed by atoms with van der Waals surface area (Å²) in [5, 5.41) is 15.6. The van der Waals surface area contributed by atoms with Crippen molar-refractivity contribution in [2.24, 2.45) is 18.0 Å². The molecule has 1 aliphatic rings. The first-order chi connectivity index (χ1) is 16.1. The Hall–Kier alpha value is -3.80. The first kappa shape index (κ1) is 28.2. The molecule has 12 heteroatoms. The van der Waals surface area contributed by atoms with E-state index in [0.29, 0.717) is 6.42 Å². The zero-order valence-electron chi connectivity index (χ0n) is 19.9. The lowest BCUT2D eigenvalue weighted by molar-refractivity contribution is -0.118. The number of carbonyl (C=O) groups excluding carboxylic acids is 2. The molecule has 1 aromatic rings. The van der Waals surface area contributed by atoms with Crippen molar-refractivity contribution in [3.05, 3.63) is 63.6 Å². The second-order valence-corrected chi connectivity index (χ2v) is 7.47. The van der Waals surface area contributed by atoms with Gasteiger partial charge in [0.1, 0.15) is 17.3 Å². The minimum absolute atomic E-state index is 0.116. The maximum Gasteiger partial charge on any atom is 0.309 e. The Morgan fingerprint density at radius 1 is 1.35 bits per heavy atom. The number of nitrogens with two attached hydrogens (primary N) is 1. The van der Waals surface area contributed by atoms with E-state index in [0.717, 1.165) is 18.7 Å². The molecule has 0 aliphatic heterocycles. The van der Waals surface area contributed by atoms with Crippen LogP contribution in [0.25, 0.3) is 0 Å². The third-order valence-corrected chi connectivity index (χ3v) is 4.56. The zero-order chi connectivity index (χ0) is 25.9. The van der Waals surface area contributed by atoms with Crippen LogP contribution in [-0.4, -0.2) is 52.6 Å². The van der Waals surface area contributed by atoms with E-state index < -0.39 is 22.9 Å². The van der Waals surface area contributed by atoms with Gasteiger partial charge in [-0.15, -0.1) is 5.10 Å². The molecular weight excluding hydrogens is 447 g/mol. The van der Waals surface area contributed by atoms with Crippen LogP contribution in [0, 0.1) is 0 Å². The molecular formula is C22H31FN6O5. The van der Waals surface area contributed by atoms with Gasteiger partial charge >= 0.3 is 5.91 Å².